The molecular weight excluding hydrogens is 584 g/mol. The summed E-state index contributed by atoms with van der Waals surface area (Å²) < 4.78 is 57.4. The van der Waals surface area contributed by atoms with Gasteiger partial charge in [-0.25, -0.2) is 4.39 Å². The molecule has 0 saturated carbocycles. The van der Waals surface area contributed by atoms with Crippen molar-refractivity contribution >= 4 is 17.7 Å². The molecule has 8 nitrogen and oxygen atoms in total. The number of β-amino-alcohol motifs (C(OH)–C–C–N with tert-alkyl or cyclic N) is 1. The van der Waals surface area contributed by atoms with Crippen molar-refractivity contribution in [1.29, 1.82) is 0 Å². The molecule has 43 heavy (non-hydrogen) atoms. The number of likely N-dealkylation sites (tertiary alicyclic amines) is 2. The number of hydrogen-bond acceptors (Lipinski definition) is 7. The average molecular weight is 627 g/mol. The molecule has 238 valence electrons. The highest BCUT2D eigenvalue weighted by Gasteiger charge is 2.35. The minimum atomic E-state index is -4.52. The van der Waals surface area contributed by atoms with Crippen LogP contribution < -0.4 is 5.73 Å². The number of fused-ring (bicyclic) bond motifs is 1. The van der Waals surface area contributed by atoms with Crippen molar-refractivity contribution in [3.05, 3.63) is 35.0 Å². The SMILES string of the molecule is NCC(=O)N1CCc2c(c(-c3ccc(C(F)(F)F)c(SCCN4CCC(F)CC4)c3)nn2CC(O)CN2CCCCC2)C1. The zero-order valence-electron chi connectivity index (χ0n) is 24.5. The topological polar surface area (TPSA) is 90.9 Å². The molecule has 1 unspecified atom stereocenters. The number of nitrogens with zero attached hydrogens (tertiary/aromatic N) is 5. The lowest BCUT2D eigenvalue weighted by Crippen LogP contribution is -2.40. The van der Waals surface area contributed by atoms with Gasteiger partial charge in [0.2, 0.25) is 5.91 Å². The minimum Gasteiger partial charge on any atom is -0.390 e. The fourth-order valence-electron chi connectivity index (χ4n) is 6.35. The number of alkyl halides is 4. The van der Waals surface area contributed by atoms with Crippen molar-refractivity contribution in [3.8, 4) is 11.3 Å². The molecular formula is C30H42F4N6O2S. The lowest BCUT2D eigenvalue weighted by molar-refractivity contribution is -0.139. The maximum atomic E-state index is 14.0. The summed E-state index contributed by atoms with van der Waals surface area (Å²) in [4.78, 5) is 18.6. The first-order valence-corrected chi connectivity index (χ1v) is 16.3. The molecule has 4 heterocycles. The Bertz CT molecular complexity index is 1240. The van der Waals surface area contributed by atoms with E-state index >= 15 is 0 Å². The lowest BCUT2D eigenvalue weighted by atomic mass is 9.99. The van der Waals surface area contributed by atoms with Crippen LogP contribution in [0.4, 0.5) is 17.6 Å². The predicted octanol–water partition coefficient (Wildman–Crippen LogP) is 3.79. The summed E-state index contributed by atoms with van der Waals surface area (Å²) in [6.07, 6.45) is -1.11. The van der Waals surface area contributed by atoms with Crippen LogP contribution in [0.25, 0.3) is 11.3 Å². The fraction of sp³-hybridized carbons (Fsp3) is 0.667. The highest BCUT2D eigenvalue weighted by Crippen LogP contribution is 2.40. The third kappa shape index (κ3) is 8.10. The van der Waals surface area contributed by atoms with E-state index in [1.807, 2.05) is 0 Å². The molecule has 1 atom stereocenters. The number of halogens is 4. The van der Waals surface area contributed by atoms with Crippen LogP contribution in [0, 0.1) is 0 Å². The number of piperidine rings is 2. The van der Waals surface area contributed by atoms with E-state index in [1.54, 1.807) is 15.6 Å². The molecule has 1 aromatic carbocycles. The van der Waals surface area contributed by atoms with Gasteiger partial charge >= 0.3 is 6.18 Å². The highest BCUT2D eigenvalue weighted by atomic mass is 32.2. The Balaban J connectivity index is 1.41. The van der Waals surface area contributed by atoms with Crippen molar-refractivity contribution in [3.63, 3.8) is 0 Å². The average Bonchev–Trinajstić information content (AvgIpc) is 3.35. The van der Waals surface area contributed by atoms with E-state index in [2.05, 4.69) is 9.80 Å². The number of carbonyl (C=O) groups is 1. The van der Waals surface area contributed by atoms with Crippen LogP contribution in [0.15, 0.2) is 23.1 Å². The van der Waals surface area contributed by atoms with E-state index in [9.17, 15) is 27.5 Å². The number of benzene rings is 1. The van der Waals surface area contributed by atoms with Gasteiger partial charge in [0.1, 0.15) is 6.17 Å². The number of aliphatic hydroxyl groups is 1. The van der Waals surface area contributed by atoms with Gasteiger partial charge in [0, 0.05) is 73.2 Å². The lowest BCUT2D eigenvalue weighted by Gasteiger charge is -2.29. The van der Waals surface area contributed by atoms with Gasteiger partial charge in [-0.15, -0.1) is 11.8 Å². The van der Waals surface area contributed by atoms with E-state index in [0.717, 1.165) is 55.0 Å². The van der Waals surface area contributed by atoms with Crippen LogP contribution in [-0.4, -0.2) is 106 Å². The van der Waals surface area contributed by atoms with Gasteiger partial charge in [0.25, 0.3) is 0 Å². The van der Waals surface area contributed by atoms with Gasteiger partial charge in [-0.05, 0) is 50.9 Å². The monoisotopic (exact) mass is 626 g/mol. The molecule has 0 aliphatic carbocycles. The van der Waals surface area contributed by atoms with Crippen LogP contribution >= 0.6 is 11.8 Å². The van der Waals surface area contributed by atoms with Gasteiger partial charge in [-0.3, -0.25) is 9.48 Å². The number of hydrogen-bond donors (Lipinski definition) is 2. The van der Waals surface area contributed by atoms with Crippen molar-refractivity contribution in [1.82, 2.24) is 24.5 Å². The van der Waals surface area contributed by atoms with E-state index in [0.29, 0.717) is 69.0 Å². The predicted molar refractivity (Wildman–Crippen MR) is 158 cm³/mol. The molecule has 1 aromatic heterocycles. The largest absolute Gasteiger partial charge is 0.417 e. The molecule has 2 saturated heterocycles. The minimum absolute atomic E-state index is 0.115. The van der Waals surface area contributed by atoms with Gasteiger partial charge in [-0.1, -0.05) is 12.5 Å². The number of thioether (sulfide) groups is 1. The molecule has 2 aromatic rings. The molecule has 3 aliphatic rings. The molecule has 3 N–H and O–H groups in total. The third-order valence-corrected chi connectivity index (χ3v) is 9.74. The highest BCUT2D eigenvalue weighted by molar-refractivity contribution is 7.99. The Morgan fingerprint density at radius 3 is 2.51 bits per heavy atom. The second-order valence-corrected chi connectivity index (χ2v) is 13.0. The maximum Gasteiger partial charge on any atom is 0.417 e. The summed E-state index contributed by atoms with van der Waals surface area (Å²) in [5, 5.41) is 15.8. The van der Waals surface area contributed by atoms with E-state index < -0.39 is 24.0 Å². The molecule has 0 radical (unpaired) electrons. The number of amides is 1. The first-order valence-electron chi connectivity index (χ1n) is 15.3. The molecule has 2 fully saturated rings. The van der Waals surface area contributed by atoms with Gasteiger partial charge in [0.05, 0.1) is 30.5 Å². The quantitative estimate of drug-likeness (QED) is 0.307. The van der Waals surface area contributed by atoms with Crippen LogP contribution in [-0.2, 0) is 30.5 Å². The van der Waals surface area contributed by atoms with Crippen molar-refractivity contribution in [2.75, 3.05) is 58.1 Å². The maximum absolute atomic E-state index is 14.0. The Labute approximate surface area is 254 Å². The van der Waals surface area contributed by atoms with Gasteiger partial charge in [-0.2, -0.15) is 18.3 Å². The molecule has 3 aliphatic heterocycles. The number of aromatic nitrogens is 2. The van der Waals surface area contributed by atoms with E-state index in [4.69, 9.17) is 10.8 Å². The van der Waals surface area contributed by atoms with Crippen LogP contribution in [0.5, 0.6) is 0 Å². The zero-order valence-corrected chi connectivity index (χ0v) is 25.3. The van der Waals surface area contributed by atoms with Crippen molar-refractivity contribution < 1.29 is 27.5 Å². The molecule has 1 amide bonds. The third-order valence-electron chi connectivity index (χ3n) is 8.71. The summed E-state index contributed by atoms with van der Waals surface area (Å²) >= 11 is 1.14. The van der Waals surface area contributed by atoms with Crippen LogP contribution in [0.3, 0.4) is 0 Å². The molecule has 13 heteroatoms. The Hall–Kier alpha value is -2.19. The smallest absolute Gasteiger partial charge is 0.390 e. The first-order chi connectivity index (χ1) is 20.6. The van der Waals surface area contributed by atoms with E-state index in [-0.39, 0.29) is 30.4 Å². The summed E-state index contributed by atoms with van der Waals surface area (Å²) in [6.45, 7) is 5.10. The number of carbonyl (C=O) groups excluding carboxylic acids is 1. The number of rotatable bonds is 10. The fourth-order valence-corrected chi connectivity index (χ4v) is 7.47. The van der Waals surface area contributed by atoms with Gasteiger partial charge in [0.15, 0.2) is 0 Å². The molecule has 5 rings (SSSR count). The van der Waals surface area contributed by atoms with Crippen molar-refractivity contribution in [2.24, 2.45) is 5.73 Å². The molecule has 0 spiro atoms. The van der Waals surface area contributed by atoms with Gasteiger partial charge < -0.3 is 25.5 Å². The summed E-state index contributed by atoms with van der Waals surface area (Å²) in [5.74, 6) is 0.243. The Morgan fingerprint density at radius 2 is 1.81 bits per heavy atom. The summed E-state index contributed by atoms with van der Waals surface area (Å²) in [6, 6.07) is 4.09. The normalized spacial score (nSPS) is 19.9. The van der Waals surface area contributed by atoms with Crippen LogP contribution in [0.1, 0.15) is 48.9 Å². The second kappa shape index (κ2) is 14.3. The number of aliphatic hydroxyl groups excluding tert-OH is 1. The number of nitrogens with two attached hydrogens (primary N) is 1. The Morgan fingerprint density at radius 1 is 1.07 bits per heavy atom. The van der Waals surface area contributed by atoms with Crippen LogP contribution in [0.2, 0.25) is 0 Å². The summed E-state index contributed by atoms with van der Waals surface area (Å²) in [7, 11) is 0. The van der Waals surface area contributed by atoms with Crippen molar-refractivity contribution in [2.45, 2.75) is 75.0 Å². The Kier molecular flexibility index (Phi) is 10.7. The summed E-state index contributed by atoms with van der Waals surface area (Å²) in [5.41, 5.74) is 7.67. The zero-order chi connectivity index (χ0) is 30.6. The first kappa shape index (κ1) is 32.2. The molecule has 0 bridgehead atoms. The standard InChI is InChI=1S/C30H42F4N6O2S/c31-22-6-11-37(12-7-22)14-15-43-27-16-21(4-5-25(27)30(32,33)34)29-24-20-39(28(42)17-35)13-8-26(24)40(36-29)19-23(41)18-38-9-2-1-3-10-38/h4-5,16,22-23,41H,1-3,6-15,17-20,35H2. The van der Waals surface area contributed by atoms with E-state index in [1.165, 1.54) is 12.5 Å². The second-order valence-electron chi connectivity index (χ2n) is 11.8.